The molecule has 1 aromatic carbocycles. The van der Waals surface area contributed by atoms with Crippen LogP contribution in [0, 0.1) is 0 Å². The van der Waals surface area contributed by atoms with Gasteiger partial charge in [-0.3, -0.25) is 19.0 Å². The molecule has 150 valence electrons. The van der Waals surface area contributed by atoms with Crippen molar-refractivity contribution in [3.63, 3.8) is 0 Å². The average Bonchev–Trinajstić information content (AvgIpc) is 2.61. The molecule has 1 aliphatic rings. The van der Waals surface area contributed by atoms with Crippen LogP contribution in [-0.4, -0.2) is 45.9 Å². The molecule has 1 N–H and O–H groups in total. The minimum atomic E-state index is -0.269. The smallest absolute Gasteiger partial charge is 0.261 e. The number of fused-ring (bicyclic) bond motifs is 2. The first-order valence-electron chi connectivity index (χ1n) is 9.95. The summed E-state index contributed by atoms with van der Waals surface area (Å²) >= 11 is 0. The number of likely N-dealkylation sites (N-methyl/N-ethyl adjacent to an activating group) is 1. The maximum Gasteiger partial charge on any atom is 0.261 e. The van der Waals surface area contributed by atoms with Gasteiger partial charge in [0.25, 0.3) is 11.5 Å². The van der Waals surface area contributed by atoms with Crippen molar-refractivity contribution in [1.29, 1.82) is 0 Å². The lowest BCUT2D eigenvalue weighted by Gasteiger charge is -2.19. The van der Waals surface area contributed by atoms with Crippen LogP contribution in [0.3, 0.4) is 0 Å². The van der Waals surface area contributed by atoms with Crippen LogP contribution in [0.25, 0.3) is 10.9 Å². The largest absolute Gasteiger partial charge is 0.352 e. The Hall–Kier alpha value is -2.70. The molecule has 0 bridgehead atoms. The van der Waals surface area contributed by atoms with Gasteiger partial charge in [-0.1, -0.05) is 12.8 Å². The molecule has 0 saturated heterocycles. The Morgan fingerprint density at radius 1 is 1.21 bits per heavy atom. The van der Waals surface area contributed by atoms with Gasteiger partial charge in [0.15, 0.2) is 0 Å². The molecule has 7 heteroatoms. The Balaban J connectivity index is 1.89. The maximum atomic E-state index is 12.9. The van der Waals surface area contributed by atoms with Crippen LogP contribution >= 0.6 is 0 Å². The standard InChI is InChI=1S/C21H28N4O3/c1-14(2)22-19(26)13-24(3)20(27)15-9-10-16-17(12-15)23-18-8-6-4-5-7-11-25(18)21(16)28/h9-10,12,14H,4-8,11,13H2,1-3H3,(H,22,26). The maximum absolute atomic E-state index is 12.9. The molecule has 2 aromatic rings. The lowest BCUT2D eigenvalue weighted by molar-refractivity contribution is -0.122. The van der Waals surface area contributed by atoms with Crippen LogP contribution in [-0.2, 0) is 17.8 Å². The lowest BCUT2D eigenvalue weighted by atomic mass is 10.1. The average molecular weight is 384 g/mol. The highest BCUT2D eigenvalue weighted by Crippen LogP contribution is 2.17. The molecule has 0 fully saturated rings. The van der Waals surface area contributed by atoms with Crippen LogP contribution < -0.4 is 10.9 Å². The second kappa shape index (κ2) is 8.54. The SMILES string of the molecule is CC(C)NC(=O)CN(C)C(=O)c1ccc2c(=O)n3c(nc2c1)CCCCCC3. The topological polar surface area (TPSA) is 84.3 Å². The highest BCUT2D eigenvalue weighted by atomic mass is 16.2. The van der Waals surface area contributed by atoms with Crippen LogP contribution in [0.1, 0.15) is 55.7 Å². The van der Waals surface area contributed by atoms with Gasteiger partial charge >= 0.3 is 0 Å². The Morgan fingerprint density at radius 3 is 2.71 bits per heavy atom. The fourth-order valence-electron chi connectivity index (χ4n) is 3.60. The van der Waals surface area contributed by atoms with Crippen molar-refractivity contribution in [1.82, 2.24) is 19.8 Å². The highest BCUT2D eigenvalue weighted by Gasteiger charge is 2.18. The molecule has 0 atom stereocenters. The summed E-state index contributed by atoms with van der Waals surface area (Å²) in [6.45, 7) is 4.43. The predicted octanol–water partition coefficient (Wildman–Crippen LogP) is 2.11. The zero-order valence-electron chi connectivity index (χ0n) is 16.8. The van der Waals surface area contributed by atoms with Gasteiger partial charge in [0.1, 0.15) is 5.82 Å². The summed E-state index contributed by atoms with van der Waals surface area (Å²) in [5.74, 6) is 0.324. The van der Waals surface area contributed by atoms with Gasteiger partial charge in [-0.25, -0.2) is 4.98 Å². The van der Waals surface area contributed by atoms with Crippen LogP contribution in [0.5, 0.6) is 0 Å². The number of amides is 2. The summed E-state index contributed by atoms with van der Waals surface area (Å²) in [6.07, 6.45) is 5.06. The van der Waals surface area contributed by atoms with Crippen molar-refractivity contribution in [2.24, 2.45) is 0 Å². The number of nitrogens with zero attached hydrogens (tertiary/aromatic N) is 3. The number of benzene rings is 1. The molecule has 2 amide bonds. The summed E-state index contributed by atoms with van der Waals surface area (Å²) in [5, 5.41) is 3.30. The number of carbonyl (C=O) groups is 2. The zero-order chi connectivity index (χ0) is 20.3. The van der Waals surface area contributed by atoms with Crippen molar-refractivity contribution in [3.8, 4) is 0 Å². The minimum absolute atomic E-state index is 0.0185. The molecule has 1 aromatic heterocycles. The van der Waals surface area contributed by atoms with Gasteiger partial charge in [-0.2, -0.15) is 0 Å². The summed E-state index contributed by atoms with van der Waals surface area (Å²) < 4.78 is 1.78. The van der Waals surface area contributed by atoms with Crippen molar-refractivity contribution in [2.75, 3.05) is 13.6 Å². The quantitative estimate of drug-likeness (QED) is 0.875. The molecule has 0 unspecified atom stereocenters. The molecule has 28 heavy (non-hydrogen) atoms. The Morgan fingerprint density at radius 2 is 1.96 bits per heavy atom. The number of nitrogens with one attached hydrogen (secondary N) is 1. The number of aryl methyl sites for hydroxylation is 1. The van der Waals surface area contributed by atoms with Crippen LogP contribution in [0.2, 0.25) is 0 Å². The number of carbonyl (C=O) groups excluding carboxylic acids is 2. The van der Waals surface area contributed by atoms with E-state index in [1.165, 1.54) is 4.90 Å². The van der Waals surface area contributed by atoms with Gasteiger partial charge < -0.3 is 10.2 Å². The van der Waals surface area contributed by atoms with E-state index in [4.69, 9.17) is 4.98 Å². The Kier molecular flexibility index (Phi) is 6.11. The molecule has 1 aliphatic heterocycles. The lowest BCUT2D eigenvalue weighted by Crippen LogP contribution is -2.40. The number of aromatic nitrogens is 2. The predicted molar refractivity (Wildman–Crippen MR) is 108 cm³/mol. The van der Waals surface area contributed by atoms with E-state index in [1.54, 1.807) is 29.8 Å². The zero-order valence-corrected chi connectivity index (χ0v) is 16.8. The van der Waals surface area contributed by atoms with E-state index in [-0.39, 0.29) is 30.0 Å². The molecule has 0 aliphatic carbocycles. The molecule has 2 heterocycles. The summed E-state index contributed by atoms with van der Waals surface area (Å²) in [7, 11) is 1.59. The summed E-state index contributed by atoms with van der Waals surface area (Å²) in [4.78, 5) is 43.6. The van der Waals surface area contributed by atoms with E-state index in [2.05, 4.69) is 5.32 Å². The monoisotopic (exact) mass is 384 g/mol. The number of hydrogen-bond donors (Lipinski definition) is 1. The number of rotatable bonds is 4. The molecular formula is C21H28N4O3. The van der Waals surface area contributed by atoms with Gasteiger partial charge in [-0.05, 0) is 44.9 Å². The molecule has 0 radical (unpaired) electrons. The van der Waals surface area contributed by atoms with Gasteiger partial charge in [0, 0.05) is 31.6 Å². The summed E-state index contributed by atoms with van der Waals surface area (Å²) in [6, 6.07) is 5.00. The fourth-order valence-corrected chi connectivity index (χ4v) is 3.60. The second-order valence-electron chi connectivity index (χ2n) is 7.76. The Bertz CT molecular complexity index is 949. The summed E-state index contributed by atoms with van der Waals surface area (Å²) in [5.41, 5.74) is 0.934. The van der Waals surface area contributed by atoms with E-state index in [0.29, 0.717) is 23.0 Å². The first-order valence-corrected chi connectivity index (χ1v) is 9.95. The van der Waals surface area contributed by atoms with E-state index < -0.39 is 0 Å². The van der Waals surface area contributed by atoms with E-state index in [1.807, 2.05) is 13.8 Å². The first-order chi connectivity index (χ1) is 13.4. The second-order valence-corrected chi connectivity index (χ2v) is 7.76. The van der Waals surface area contributed by atoms with Gasteiger partial charge in [-0.15, -0.1) is 0 Å². The fraction of sp³-hybridized carbons (Fsp3) is 0.524. The Labute approximate surface area is 164 Å². The van der Waals surface area contributed by atoms with Crippen molar-refractivity contribution in [3.05, 3.63) is 39.9 Å². The molecule has 0 saturated carbocycles. The van der Waals surface area contributed by atoms with Crippen molar-refractivity contribution in [2.45, 2.75) is 58.5 Å². The third kappa shape index (κ3) is 4.40. The molecule has 3 rings (SSSR count). The van der Waals surface area contributed by atoms with Crippen molar-refractivity contribution < 1.29 is 9.59 Å². The molecular weight excluding hydrogens is 356 g/mol. The highest BCUT2D eigenvalue weighted by molar-refractivity contribution is 5.99. The third-order valence-electron chi connectivity index (χ3n) is 4.99. The number of hydrogen-bond acceptors (Lipinski definition) is 4. The third-order valence-corrected chi connectivity index (χ3v) is 4.99. The van der Waals surface area contributed by atoms with Gasteiger partial charge in [0.05, 0.1) is 17.4 Å². The normalized spacial score (nSPS) is 14.3. The first kappa shape index (κ1) is 20.0. The van der Waals surface area contributed by atoms with E-state index >= 15 is 0 Å². The van der Waals surface area contributed by atoms with E-state index in [0.717, 1.165) is 37.9 Å². The van der Waals surface area contributed by atoms with E-state index in [9.17, 15) is 14.4 Å². The van der Waals surface area contributed by atoms with Crippen molar-refractivity contribution >= 4 is 22.7 Å². The molecule has 7 nitrogen and oxygen atoms in total. The van der Waals surface area contributed by atoms with Crippen LogP contribution in [0.15, 0.2) is 23.0 Å². The van der Waals surface area contributed by atoms with Crippen LogP contribution in [0.4, 0.5) is 0 Å². The molecule has 0 spiro atoms. The van der Waals surface area contributed by atoms with Gasteiger partial charge in [0.2, 0.25) is 5.91 Å². The minimum Gasteiger partial charge on any atom is -0.352 e.